The maximum Gasteiger partial charge on any atom is 0.0870 e. The van der Waals surface area contributed by atoms with E-state index in [1.54, 1.807) is 11.3 Å². The van der Waals surface area contributed by atoms with Gasteiger partial charge in [0.2, 0.25) is 0 Å². The third kappa shape index (κ3) is 25.6. The molecule has 0 radical (unpaired) electrons. The first-order chi connectivity index (χ1) is 7.79. The van der Waals surface area contributed by atoms with E-state index in [0.717, 1.165) is 0 Å². The molecule has 0 fully saturated rings. The first kappa shape index (κ1) is 25.4. The second-order valence-corrected chi connectivity index (χ2v) is 2.76. The Kier molecular flexibility index (Phi) is 20.7. The van der Waals surface area contributed by atoms with Crippen LogP contribution < -0.4 is 20.4 Å². The molecule has 11 heteroatoms. The third-order valence-corrected chi connectivity index (χ3v) is 1.39. The minimum absolute atomic E-state index is 0. The summed E-state index contributed by atoms with van der Waals surface area (Å²) in [6, 6.07) is 4.04. The molecule has 0 bridgehead atoms. The summed E-state index contributed by atoms with van der Waals surface area (Å²) in [4.78, 5) is 35.7. The highest BCUT2D eigenvalue weighted by molar-refractivity contribution is 7.07. The van der Waals surface area contributed by atoms with Gasteiger partial charge in [-0.25, -0.2) is 0 Å². The van der Waals surface area contributed by atoms with E-state index in [0.29, 0.717) is 0 Å². The minimum Gasteiger partial charge on any atom is -0.543 e. The number of carboxylic acid groups (broad SMARTS) is 4. The highest BCUT2D eigenvalue weighted by Gasteiger charge is 1.75. The van der Waals surface area contributed by atoms with Gasteiger partial charge in [-0.3, -0.25) is 0 Å². The van der Waals surface area contributed by atoms with E-state index in [2.05, 4.69) is 0 Å². The van der Waals surface area contributed by atoms with E-state index in [1.807, 2.05) is 22.9 Å². The van der Waals surface area contributed by atoms with Crippen LogP contribution in [0.1, 0.15) is 0 Å². The maximum atomic E-state index is 8.93. The fourth-order valence-electron chi connectivity index (χ4n) is 0.227. The first-order valence-electron chi connectivity index (χ1n) is 3.60. The van der Waals surface area contributed by atoms with Crippen molar-refractivity contribution in [2.75, 3.05) is 0 Å². The molecule has 0 spiro atoms. The lowest BCUT2D eigenvalue weighted by Gasteiger charge is -1.97. The predicted molar refractivity (Wildman–Crippen MR) is 51.6 cm³/mol. The van der Waals surface area contributed by atoms with Crippen molar-refractivity contribution in [3.8, 4) is 0 Å². The summed E-state index contributed by atoms with van der Waals surface area (Å²) in [5, 5.41) is 39.8. The lowest BCUT2D eigenvalue weighted by molar-refractivity contribution is -0.345. The van der Waals surface area contributed by atoms with Gasteiger partial charge >= 0.3 is 0 Å². The van der Waals surface area contributed by atoms with Gasteiger partial charge in [0.05, 0.1) is 23.9 Å². The molecular formula is C8H8O10S-4. The molecule has 10 nitrogen and oxygen atoms in total. The molecule has 0 saturated carbocycles. The molecule has 0 atom stereocenters. The summed E-state index contributed by atoms with van der Waals surface area (Å²) >= 11 is 1.71. The number of carbonyl (C=O) groups is 4. The smallest absolute Gasteiger partial charge is 0.0870 e. The Morgan fingerprint density at radius 1 is 0.632 bits per heavy atom. The van der Waals surface area contributed by atoms with E-state index in [-0.39, 0.29) is 11.0 Å². The zero-order chi connectivity index (χ0) is 13.8. The molecule has 0 amide bonds. The fourth-order valence-corrected chi connectivity index (χ4v) is 0.680. The SMILES string of the molecule is O.O.O=C([O-])C(=O)[O-].O=C([O-])C(=O)[O-].c1ccsc1. The van der Waals surface area contributed by atoms with Crippen molar-refractivity contribution in [1.82, 2.24) is 0 Å². The molecule has 0 unspecified atom stereocenters. The second-order valence-electron chi connectivity index (χ2n) is 1.94. The summed E-state index contributed by atoms with van der Waals surface area (Å²) in [5.41, 5.74) is 0. The van der Waals surface area contributed by atoms with Gasteiger partial charge in [0.25, 0.3) is 0 Å². The van der Waals surface area contributed by atoms with E-state index < -0.39 is 23.9 Å². The van der Waals surface area contributed by atoms with Gasteiger partial charge in [0.1, 0.15) is 0 Å². The van der Waals surface area contributed by atoms with Crippen molar-refractivity contribution < 1.29 is 50.6 Å². The van der Waals surface area contributed by atoms with Gasteiger partial charge in [-0.2, -0.15) is 11.3 Å². The van der Waals surface area contributed by atoms with Crippen molar-refractivity contribution >= 4 is 35.2 Å². The molecule has 0 aromatic carbocycles. The third-order valence-electron chi connectivity index (χ3n) is 0.759. The zero-order valence-electron chi connectivity index (χ0n) is 8.98. The molecule has 1 rings (SSSR count). The lowest BCUT2D eigenvalue weighted by atomic mass is 10.7. The number of thiophene rings is 1. The molecule has 1 heterocycles. The Hall–Kier alpha value is -2.50. The van der Waals surface area contributed by atoms with Crippen LogP contribution in [0.15, 0.2) is 22.9 Å². The summed E-state index contributed by atoms with van der Waals surface area (Å²) in [7, 11) is 0. The topological polar surface area (TPSA) is 224 Å². The molecular weight excluding hydrogens is 288 g/mol. The van der Waals surface area contributed by atoms with E-state index >= 15 is 0 Å². The fraction of sp³-hybridized carbons (Fsp3) is 0. The van der Waals surface area contributed by atoms with Gasteiger partial charge in [0, 0.05) is 0 Å². The zero-order valence-corrected chi connectivity index (χ0v) is 9.80. The molecule has 0 saturated heterocycles. The normalized spacial score (nSPS) is 6.74. The summed E-state index contributed by atoms with van der Waals surface area (Å²) in [6.45, 7) is 0. The van der Waals surface area contributed by atoms with Crippen LogP contribution in [0.25, 0.3) is 0 Å². The number of aliphatic carboxylic acids is 4. The van der Waals surface area contributed by atoms with Crippen LogP contribution in [-0.4, -0.2) is 34.8 Å². The average Bonchev–Trinajstić information content (AvgIpc) is 2.75. The number of hydrogen-bond acceptors (Lipinski definition) is 9. The standard InChI is InChI=1S/C4H4S.2C2H2O4.2H2O/c1-2-4-5-3-1;2*3-1(4)2(5)6;;/h1-4H;2*(H,3,4)(H,5,6);2*1H2/p-4. The van der Waals surface area contributed by atoms with Gasteiger partial charge in [-0.15, -0.1) is 0 Å². The van der Waals surface area contributed by atoms with E-state index in [4.69, 9.17) is 39.6 Å². The Balaban J connectivity index is -0.0000000845. The van der Waals surface area contributed by atoms with Gasteiger partial charge in [0.15, 0.2) is 0 Å². The van der Waals surface area contributed by atoms with Gasteiger partial charge in [-0.1, -0.05) is 12.1 Å². The van der Waals surface area contributed by atoms with E-state index in [1.165, 1.54) is 0 Å². The molecule has 4 N–H and O–H groups in total. The number of hydrogen-bond donors (Lipinski definition) is 0. The Bertz CT molecular complexity index is 306. The quantitative estimate of drug-likeness (QED) is 0.417. The summed E-state index contributed by atoms with van der Waals surface area (Å²) in [5.74, 6) is -8.74. The monoisotopic (exact) mass is 296 g/mol. The lowest BCUT2D eigenvalue weighted by Crippen LogP contribution is -2.42. The average molecular weight is 296 g/mol. The predicted octanol–water partition coefficient (Wildman–Crippen LogP) is -6.93. The van der Waals surface area contributed by atoms with Crippen molar-refractivity contribution in [3.63, 3.8) is 0 Å². The first-order valence-corrected chi connectivity index (χ1v) is 4.55. The van der Waals surface area contributed by atoms with Crippen molar-refractivity contribution in [1.29, 1.82) is 0 Å². The largest absolute Gasteiger partial charge is 0.543 e. The Morgan fingerprint density at radius 2 is 0.842 bits per heavy atom. The summed E-state index contributed by atoms with van der Waals surface area (Å²) in [6.07, 6.45) is 0. The maximum absolute atomic E-state index is 8.93. The number of rotatable bonds is 0. The molecule has 0 aliphatic heterocycles. The summed E-state index contributed by atoms with van der Waals surface area (Å²) < 4.78 is 0. The Morgan fingerprint density at radius 3 is 0.895 bits per heavy atom. The number of carboxylic acids is 4. The van der Waals surface area contributed by atoms with Crippen LogP contribution in [0.4, 0.5) is 0 Å². The molecule has 0 aliphatic carbocycles. The van der Waals surface area contributed by atoms with Gasteiger partial charge in [-0.05, 0) is 10.8 Å². The highest BCUT2D eigenvalue weighted by Crippen LogP contribution is 1.91. The number of carbonyl (C=O) groups excluding carboxylic acids is 4. The molecule has 110 valence electrons. The highest BCUT2D eigenvalue weighted by atomic mass is 32.1. The molecule has 1 aromatic heterocycles. The van der Waals surface area contributed by atoms with Gasteiger partial charge < -0.3 is 50.6 Å². The minimum atomic E-state index is -2.19. The van der Waals surface area contributed by atoms with Crippen LogP contribution in [0.3, 0.4) is 0 Å². The van der Waals surface area contributed by atoms with Crippen LogP contribution in [0.5, 0.6) is 0 Å². The van der Waals surface area contributed by atoms with Crippen LogP contribution in [-0.2, 0) is 19.2 Å². The molecule has 1 aromatic rings. The van der Waals surface area contributed by atoms with E-state index in [9.17, 15) is 0 Å². The van der Waals surface area contributed by atoms with Crippen molar-refractivity contribution in [2.24, 2.45) is 0 Å². The second kappa shape index (κ2) is 15.5. The van der Waals surface area contributed by atoms with Crippen LogP contribution >= 0.6 is 11.3 Å². The Labute approximate surface area is 109 Å². The molecule has 0 aliphatic rings. The van der Waals surface area contributed by atoms with Crippen LogP contribution in [0.2, 0.25) is 0 Å². The van der Waals surface area contributed by atoms with Crippen molar-refractivity contribution in [3.05, 3.63) is 22.9 Å². The van der Waals surface area contributed by atoms with Crippen molar-refractivity contribution in [2.45, 2.75) is 0 Å². The molecule has 19 heavy (non-hydrogen) atoms. The van der Waals surface area contributed by atoms with Crippen LogP contribution in [0, 0.1) is 0 Å².